The van der Waals surface area contributed by atoms with E-state index in [-0.39, 0.29) is 6.03 Å². The number of hydrogen-bond acceptors (Lipinski definition) is 1. The van der Waals surface area contributed by atoms with Crippen molar-refractivity contribution in [2.75, 3.05) is 5.32 Å². The van der Waals surface area contributed by atoms with Crippen LogP contribution in [0.15, 0.2) is 48.5 Å². The number of nitrogens with zero attached hydrogens (tertiary/aromatic N) is 1. The summed E-state index contributed by atoms with van der Waals surface area (Å²) >= 11 is 0. The summed E-state index contributed by atoms with van der Waals surface area (Å²) in [5.41, 5.74) is 4.40. The average Bonchev–Trinajstić information content (AvgIpc) is 3.10. The Balaban J connectivity index is 1.77. The maximum absolute atomic E-state index is 13.0. The number of hydrogen-bond donors (Lipinski definition) is 1. The quantitative estimate of drug-likeness (QED) is 0.816. The molecule has 3 heteroatoms. The Morgan fingerprint density at radius 3 is 2.46 bits per heavy atom. The highest BCUT2D eigenvalue weighted by atomic mass is 16.2. The second kappa shape index (κ2) is 7.52. The summed E-state index contributed by atoms with van der Waals surface area (Å²) < 4.78 is 0. The lowest BCUT2D eigenvalue weighted by Gasteiger charge is -2.29. The minimum absolute atomic E-state index is 0.0118. The lowest BCUT2D eigenvalue weighted by molar-refractivity contribution is 0.184. The molecule has 3 nitrogen and oxygen atoms in total. The Kier molecular flexibility index (Phi) is 5.19. The topological polar surface area (TPSA) is 32.3 Å². The van der Waals surface area contributed by atoms with Crippen molar-refractivity contribution in [2.45, 2.75) is 52.1 Å². The van der Waals surface area contributed by atoms with Gasteiger partial charge >= 0.3 is 6.03 Å². The lowest BCUT2D eigenvalue weighted by Crippen LogP contribution is -2.41. The molecule has 1 saturated carbocycles. The van der Waals surface area contributed by atoms with E-state index in [2.05, 4.69) is 30.4 Å². The molecule has 1 fully saturated rings. The van der Waals surface area contributed by atoms with E-state index in [1.54, 1.807) is 0 Å². The van der Waals surface area contributed by atoms with E-state index in [9.17, 15) is 4.79 Å². The van der Waals surface area contributed by atoms with Crippen LogP contribution in [0.3, 0.4) is 0 Å². The third-order valence-corrected chi connectivity index (χ3v) is 4.85. The minimum atomic E-state index is 0.0118. The molecule has 2 aromatic carbocycles. The summed E-state index contributed by atoms with van der Waals surface area (Å²) in [6.07, 6.45) is 4.64. The molecule has 0 aliphatic heterocycles. The molecule has 0 atom stereocenters. The molecule has 0 spiro atoms. The zero-order valence-corrected chi connectivity index (χ0v) is 14.6. The summed E-state index contributed by atoms with van der Waals surface area (Å²) in [6.45, 7) is 4.78. The summed E-state index contributed by atoms with van der Waals surface area (Å²) in [5.74, 6) is 0. The van der Waals surface area contributed by atoms with Gasteiger partial charge < -0.3 is 10.2 Å². The first-order valence-corrected chi connectivity index (χ1v) is 8.82. The van der Waals surface area contributed by atoms with Gasteiger partial charge in [-0.05, 0) is 43.9 Å². The standard InChI is InChI=1S/C21H26N2O/c1-16-12-13-20(17(2)14-16)22-21(24)23(19-10-6-7-11-19)15-18-8-4-3-5-9-18/h3-5,8-9,12-14,19H,6-7,10-11,15H2,1-2H3,(H,22,24). The van der Waals surface area contributed by atoms with Crippen molar-refractivity contribution in [3.05, 3.63) is 65.2 Å². The zero-order chi connectivity index (χ0) is 16.9. The molecule has 0 heterocycles. The maximum Gasteiger partial charge on any atom is 0.322 e. The summed E-state index contributed by atoms with van der Waals surface area (Å²) in [5, 5.41) is 3.12. The van der Waals surface area contributed by atoms with Crippen LogP contribution in [0.2, 0.25) is 0 Å². The highest BCUT2D eigenvalue weighted by Gasteiger charge is 2.27. The second-order valence-corrected chi connectivity index (χ2v) is 6.80. The Bertz CT molecular complexity index is 690. The van der Waals surface area contributed by atoms with E-state index < -0.39 is 0 Å². The predicted octanol–water partition coefficient (Wildman–Crippen LogP) is 5.28. The molecule has 0 radical (unpaired) electrons. The number of benzene rings is 2. The van der Waals surface area contributed by atoms with Crippen LogP contribution < -0.4 is 5.32 Å². The van der Waals surface area contributed by atoms with Crippen molar-refractivity contribution in [1.29, 1.82) is 0 Å². The molecule has 24 heavy (non-hydrogen) atoms. The van der Waals surface area contributed by atoms with Crippen LogP contribution in [0.25, 0.3) is 0 Å². The fourth-order valence-electron chi connectivity index (χ4n) is 3.50. The van der Waals surface area contributed by atoms with Crippen molar-refractivity contribution < 1.29 is 4.79 Å². The van der Waals surface area contributed by atoms with Crippen LogP contribution in [0.4, 0.5) is 10.5 Å². The molecular formula is C21H26N2O. The predicted molar refractivity (Wildman–Crippen MR) is 99.2 cm³/mol. The fourth-order valence-corrected chi connectivity index (χ4v) is 3.50. The van der Waals surface area contributed by atoms with E-state index >= 15 is 0 Å². The zero-order valence-electron chi connectivity index (χ0n) is 14.6. The van der Waals surface area contributed by atoms with Crippen molar-refractivity contribution in [3.63, 3.8) is 0 Å². The Morgan fingerprint density at radius 1 is 1.08 bits per heavy atom. The van der Waals surface area contributed by atoms with Gasteiger partial charge in [-0.1, -0.05) is 60.9 Å². The first-order valence-electron chi connectivity index (χ1n) is 8.82. The van der Waals surface area contributed by atoms with Gasteiger partial charge in [0.05, 0.1) is 0 Å². The van der Waals surface area contributed by atoms with E-state index in [4.69, 9.17) is 0 Å². The Hall–Kier alpha value is -2.29. The van der Waals surface area contributed by atoms with Crippen LogP contribution >= 0.6 is 0 Å². The summed E-state index contributed by atoms with van der Waals surface area (Å²) in [4.78, 5) is 15.0. The van der Waals surface area contributed by atoms with Gasteiger partial charge in [0.1, 0.15) is 0 Å². The molecule has 2 amide bonds. The summed E-state index contributed by atoms with van der Waals surface area (Å²) in [6, 6.07) is 16.8. The molecule has 0 bridgehead atoms. The summed E-state index contributed by atoms with van der Waals surface area (Å²) in [7, 11) is 0. The fraction of sp³-hybridized carbons (Fsp3) is 0.381. The maximum atomic E-state index is 13.0. The number of anilines is 1. The third-order valence-electron chi connectivity index (χ3n) is 4.85. The molecule has 3 rings (SSSR count). The third kappa shape index (κ3) is 3.97. The van der Waals surface area contributed by atoms with Crippen LogP contribution in [0.5, 0.6) is 0 Å². The SMILES string of the molecule is Cc1ccc(NC(=O)N(Cc2ccccc2)C2CCCC2)c(C)c1. The van der Waals surface area contributed by atoms with Crippen molar-refractivity contribution in [2.24, 2.45) is 0 Å². The molecule has 0 saturated heterocycles. The van der Waals surface area contributed by atoms with Gasteiger partial charge in [-0.2, -0.15) is 0 Å². The normalized spacial score (nSPS) is 14.6. The number of carbonyl (C=O) groups is 1. The van der Waals surface area contributed by atoms with Gasteiger partial charge in [0.15, 0.2) is 0 Å². The molecule has 1 N–H and O–H groups in total. The van der Waals surface area contributed by atoms with Gasteiger partial charge in [0.2, 0.25) is 0 Å². The van der Waals surface area contributed by atoms with Crippen LogP contribution in [0.1, 0.15) is 42.4 Å². The molecule has 126 valence electrons. The number of urea groups is 1. The monoisotopic (exact) mass is 322 g/mol. The van der Waals surface area contributed by atoms with Crippen LogP contribution in [0, 0.1) is 13.8 Å². The van der Waals surface area contributed by atoms with Crippen molar-refractivity contribution in [1.82, 2.24) is 4.90 Å². The minimum Gasteiger partial charge on any atom is -0.317 e. The van der Waals surface area contributed by atoms with Gasteiger partial charge in [-0.25, -0.2) is 4.79 Å². The highest BCUT2D eigenvalue weighted by molar-refractivity contribution is 5.90. The van der Waals surface area contributed by atoms with Gasteiger partial charge in [-0.3, -0.25) is 0 Å². The number of rotatable bonds is 4. The number of nitrogens with one attached hydrogen (secondary N) is 1. The second-order valence-electron chi connectivity index (χ2n) is 6.80. The smallest absolute Gasteiger partial charge is 0.317 e. The van der Waals surface area contributed by atoms with Gasteiger partial charge in [0, 0.05) is 18.3 Å². The molecule has 2 aromatic rings. The van der Waals surface area contributed by atoms with Crippen LogP contribution in [-0.2, 0) is 6.54 Å². The van der Waals surface area contributed by atoms with Gasteiger partial charge in [-0.15, -0.1) is 0 Å². The van der Waals surface area contributed by atoms with E-state index in [1.165, 1.54) is 24.0 Å². The Labute approximate surface area is 144 Å². The van der Waals surface area contributed by atoms with Crippen molar-refractivity contribution in [3.8, 4) is 0 Å². The van der Waals surface area contributed by atoms with Crippen molar-refractivity contribution >= 4 is 11.7 Å². The number of amides is 2. The first kappa shape index (κ1) is 16.6. The van der Waals surface area contributed by atoms with Crippen LogP contribution in [-0.4, -0.2) is 17.0 Å². The number of carbonyl (C=O) groups excluding carboxylic acids is 1. The lowest BCUT2D eigenvalue weighted by atomic mass is 10.1. The molecule has 1 aliphatic rings. The molecule has 0 aromatic heterocycles. The molecule has 1 aliphatic carbocycles. The highest BCUT2D eigenvalue weighted by Crippen LogP contribution is 2.26. The Morgan fingerprint density at radius 2 is 1.79 bits per heavy atom. The van der Waals surface area contributed by atoms with E-state index in [1.807, 2.05) is 42.2 Å². The van der Waals surface area contributed by atoms with E-state index in [0.29, 0.717) is 12.6 Å². The van der Waals surface area contributed by atoms with E-state index in [0.717, 1.165) is 24.1 Å². The molecule has 0 unspecified atom stereocenters. The number of aryl methyl sites for hydroxylation is 2. The van der Waals surface area contributed by atoms with Gasteiger partial charge in [0.25, 0.3) is 0 Å². The first-order chi connectivity index (χ1) is 11.6. The largest absolute Gasteiger partial charge is 0.322 e. The average molecular weight is 322 g/mol. The molecular weight excluding hydrogens is 296 g/mol.